The average molecular weight is 427 g/mol. The second-order valence-electron chi connectivity index (χ2n) is 9.50. The highest BCUT2D eigenvalue weighted by atomic mass is 16.7. The lowest BCUT2D eigenvalue weighted by Gasteiger charge is -2.35. The smallest absolute Gasteiger partial charge is 0.231 e. The Bertz CT molecular complexity index is 855. The maximum Gasteiger partial charge on any atom is 0.231 e. The number of ether oxygens (including phenoxy) is 3. The van der Waals surface area contributed by atoms with E-state index in [1.54, 1.807) is 0 Å². The first-order valence-electron chi connectivity index (χ1n) is 11.1. The summed E-state index contributed by atoms with van der Waals surface area (Å²) in [6.07, 6.45) is -0.497. The molecule has 31 heavy (non-hydrogen) atoms. The van der Waals surface area contributed by atoms with Crippen molar-refractivity contribution >= 4 is 0 Å². The molecule has 1 N–H and O–H groups in total. The molecule has 0 unspecified atom stereocenters. The first kappa shape index (κ1) is 21.9. The van der Waals surface area contributed by atoms with Crippen LogP contribution >= 0.6 is 0 Å². The Morgan fingerprint density at radius 1 is 0.935 bits per heavy atom. The molecule has 2 aliphatic heterocycles. The number of piperazine rings is 1. The van der Waals surface area contributed by atoms with Gasteiger partial charge in [0, 0.05) is 39.3 Å². The van der Waals surface area contributed by atoms with Gasteiger partial charge in [0.2, 0.25) is 6.79 Å². The largest absolute Gasteiger partial charge is 0.491 e. The van der Waals surface area contributed by atoms with Gasteiger partial charge in [0.25, 0.3) is 0 Å². The van der Waals surface area contributed by atoms with Crippen LogP contribution in [-0.2, 0) is 12.0 Å². The lowest BCUT2D eigenvalue weighted by Crippen LogP contribution is -2.48. The number of β-amino-alcohol motifs (C(OH)–C–C–N with tert-alkyl or cyclic N) is 1. The van der Waals surface area contributed by atoms with Crippen LogP contribution in [-0.4, -0.2) is 67.1 Å². The molecule has 168 valence electrons. The van der Waals surface area contributed by atoms with Crippen molar-refractivity contribution in [2.45, 2.75) is 38.8 Å². The minimum Gasteiger partial charge on any atom is -0.491 e. The van der Waals surface area contributed by atoms with Gasteiger partial charge < -0.3 is 19.3 Å². The molecule has 1 fully saturated rings. The molecule has 1 atom stereocenters. The highest BCUT2D eigenvalue weighted by molar-refractivity contribution is 5.44. The summed E-state index contributed by atoms with van der Waals surface area (Å²) in [5.74, 6) is 2.47. The van der Waals surface area contributed by atoms with Gasteiger partial charge in [0.15, 0.2) is 11.5 Å². The highest BCUT2D eigenvalue weighted by Gasteiger charge is 2.21. The lowest BCUT2D eigenvalue weighted by molar-refractivity contribution is 0.0446. The highest BCUT2D eigenvalue weighted by Crippen LogP contribution is 2.32. The second-order valence-corrected chi connectivity index (χ2v) is 9.50. The number of fused-ring (bicyclic) bond motifs is 1. The van der Waals surface area contributed by atoms with Crippen LogP contribution in [0.15, 0.2) is 42.5 Å². The summed E-state index contributed by atoms with van der Waals surface area (Å²) >= 11 is 0. The Morgan fingerprint density at radius 2 is 1.61 bits per heavy atom. The summed E-state index contributed by atoms with van der Waals surface area (Å²) in [6, 6.07) is 14.3. The third-order valence-corrected chi connectivity index (χ3v) is 5.94. The molecular formula is C25H34N2O4. The summed E-state index contributed by atoms with van der Waals surface area (Å²) in [4.78, 5) is 4.75. The molecule has 2 aromatic rings. The number of nitrogens with zero attached hydrogens (tertiary/aromatic N) is 2. The summed E-state index contributed by atoms with van der Waals surface area (Å²) in [7, 11) is 0. The zero-order valence-corrected chi connectivity index (χ0v) is 18.8. The van der Waals surface area contributed by atoms with E-state index in [2.05, 4.69) is 54.8 Å². The molecule has 0 amide bonds. The molecule has 2 aliphatic rings. The van der Waals surface area contributed by atoms with Crippen molar-refractivity contribution in [1.82, 2.24) is 9.80 Å². The van der Waals surface area contributed by atoms with E-state index in [-0.39, 0.29) is 5.41 Å². The fourth-order valence-corrected chi connectivity index (χ4v) is 4.02. The fraction of sp³-hybridized carbons (Fsp3) is 0.520. The summed E-state index contributed by atoms with van der Waals surface area (Å²) < 4.78 is 16.7. The minimum absolute atomic E-state index is 0.128. The number of aliphatic hydroxyl groups excluding tert-OH is 1. The van der Waals surface area contributed by atoms with Crippen molar-refractivity contribution < 1.29 is 19.3 Å². The van der Waals surface area contributed by atoms with E-state index >= 15 is 0 Å². The van der Waals surface area contributed by atoms with Crippen LogP contribution in [0, 0.1) is 0 Å². The van der Waals surface area contributed by atoms with Gasteiger partial charge in [-0.2, -0.15) is 0 Å². The van der Waals surface area contributed by atoms with Crippen LogP contribution in [0.25, 0.3) is 0 Å². The van der Waals surface area contributed by atoms with Gasteiger partial charge in [-0.1, -0.05) is 39.0 Å². The molecule has 6 nitrogen and oxygen atoms in total. The predicted octanol–water partition coefficient (Wildman–Crippen LogP) is 3.27. The van der Waals surface area contributed by atoms with Gasteiger partial charge in [-0.3, -0.25) is 9.80 Å². The second kappa shape index (κ2) is 9.47. The molecule has 0 spiro atoms. The third-order valence-electron chi connectivity index (χ3n) is 5.94. The summed E-state index contributed by atoms with van der Waals surface area (Å²) in [5, 5.41) is 10.4. The Kier molecular flexibility index (Phi) is 6.70. The van der Waals surface area contributed by atoms with Crippen LogP contribution in [0.3, 0.4) is 0 Å². The zero-order chi connectivity index (χ0) is 21.8. The van der Waals surface area contributed by atoms with Gasteiger partial charge in [-0.25, -0.2) is 0 Å². The van der Waals surface area contributed by atoms with E-state index in [0.717, 1.165) is 50.0 Å². The minimum atomic E-state index is -0.497. The maximum atomic E-state index is 10.4. The number of aliphatic hydroxyl groups is 1. The van der Waals surface area contributed by atoms with Gasteiger partial charge in [-0.05, 0) is 40.8 Å². The van der Waals surface area contributed by atoms with Crippen molar-refractivity contribution in [3.8, 4) is 17.2 Å². The van der Waals surface area contributed by atoms with Crippen molar-refractivity contribution in [3.63, 3.8) is 0 Å². The topological polar surface area (TPSA) is 54.4 Å². The van der Waals surface area contributed by atoms with E-state index in [0.29, 0.717) is 19.9 Å². The Morgan fingerprint density at radius 3 is 2.32 bits per heavy atom. The number of benzene rings is 2. The summed E-state index contributed by atoms with van der Waals surface area (Å²) in [6.45, 7) is 12.6. The first-order chi connectivity index (χ1) is 14.9. The Balaban J connectivity index is 1.17. The van der Waals surface area contributed by atoms with Crippen molar-refractivity contribution in [1.29, 1.82) is 0 Å². The summed E-state index contributed by atoms with van der Waals surface area (Å²) in [5.41, 5.74) is 2.64. The van der Waals surface area contributed by atoms with Crippen LogP contribution in [0.4, 0.5) is 0 Å². The molecule has 6 heteroatoms. The molecule has 2 heterocycles. The molecule has 1 saturated heterocycles. The van der Waals surface area contributed by atoms with Gasteiger partial charge in [0.1, 0.15) is 18.5 Å². The first-order valence-corrected chi connectivity index (χ1v) is 11.1. The Hall–Kier alpha value is -2.28. The zero-order valence-electron chi connectivity index (χ0n) is 18.8. The van der Waals surface area contributed by atoms with Crippen molar-refractivity contribution in [3.05, 3.63) is 53.6 Å². The van der Waals surface area contributed by atoms with E-state index in [9.17, 15) is 5.11 Å². The molecule has 0 radical (unpaired) electrons. The molecule has 2 aromatic carbocycles. The number of rotatable bonds is 7. The predicted molar refractivity (Wildman–Crippen MR) is 121 cm³/mol. The molecule has 0 bridgehead atoms. The van der Waals surface area contributed by atoms with Crippen molar-refractivity contribution in [2.24, 2.45) is 0 Å². The van der Waals surface area contributed by atoms with Crippen molar-refractivity contribution in [2.75, 3.05) is 46.1 Å². The monoisotopic (exact) mass is 426 g/mol. The normalized spacial score (nSPS) is 18.2. The van der Waals surface area contributed by atoms with E-state index < -0.39 is 6.10 Å². The lowest BCUT2D eigenvalue weighted by atomic mass is 9.87. The van der Waals surface area contributed by atoms with Gasteiger partial charge >= 0.3 is 0 Å². The SMILES string of the molecule is CC(C)(C)c1ccc(OC[C@@H](O)CN2CCN(Cc3ccc4c(c3)OCO4)CC2)cc1. The molecule has 0 aromatic heterocycles. The van der Waals surface area contributed by atoms with Crippen LogP contribution in [0.1, 0.15) is 31.9 Å². The van der Waals surface area contributed by atoms with Crippen LogP contribution in [0.5, 0.6) is 17.2 Å². The number of hydrogen-bond donors (Lipinski definition) is 1. The fourth-order valence-electron chi connectivity index (χ4n) is 4.02. The standard InChI is InChI=1S/C25H34N2O4/c1-25(2,3)20-5-7-22(8-6-20)29-17-21(28)16-27-12-10-26(11-13-27)15-19-4-9-23-24(14-19)31-18-30-23/h4-9,14,21,28H,10-13,15-18H2,1-3H3/t21-/m0/s1. The molecule has 0 saturated carbocycles. The van der Waals surface area contributed by atoms with Gasteiger partial charge in [-0.15, -0.1) is 0 Å². The Labute approximate surface area is 185 Å². The molecule has 4 rings (SSSR count). The van der Waals surface area contributed by atoms with Crippen LogP contribution in [0.2, 0.25) is 0 Å². The van der Waals surface area contributed by atoms with E-state index in [1.165, 1.54) is 11.1 Å². The maximum absolute atomic E-state index is 10.4. The van der Waals surface area contributed by atoms with Crippen LogP contribution < -0.4 is 14.2 Å². The molecule has 0 aliphatic carbocycles. The third kappa shape index (κ3) is 5.91. The van der Waals surface area contributed by atoms with E-state index in [1.807, 2.05) is 18.2 Å². The average Bonchev–Trinajstić information content (AvgIpc) is 3.21. The van der Waals surface area contributed by atoms with E-state index in [4.69, 9.17) is 14.2 Å². The number of hydrogen-bond acceptors (Lipinski definition) is 6. The van der Waals surface area contributed by atoms with Gasteiger partial charge in [0.05, 0.1) is 0 Å². The molecular weight excluding hydrogens is 392 g/mol. The quantitative estimate of drug-likeness (QED) is 0.734.